The van der Waals surface area contributed by atoms with Gasteiger partial charge in [-0.1, -0.05) is 0 Å². The van der Waals surface area contributed by atoms with Gasteiger partial charge in [0, 0.05) is 23.0 Å². The second-order valence-electron chi connectivity index (χ2n) is 5.94. The van der Waals surface area contributed by atoms with Gasteiger partial charge in [-0.3, -0.25) is 15.2 Å². The summed E-state index contributed by atoms with van der Waals surface area (Å²) < 4.78 is 1.66. The van der Waals surface area contributed by atoms with Gasteiger partial charge in [0.05, 0.1) is 17.9 Å². The first kappa shape index (κ1) is 16.8. The fraction of sp³-hybridized carbons (Fsp3) is 0.294. The number of aryl methyl sites for hydroxylation is 1. The topological polar surface area (TPSA) is 101 Å². The summed E-state index contributed by atoms with van der Waals surface area (Å²) in [5.41, 5.74) is 3.66. The molecular weight excluding hydrogens is 318 g/mol. The molecule has 2 aromatic heterocycles. The van der Waals surface area contributed by atoms with Gasteiger partial charge >= 0.3 is 0 Å². The summed E-state index contributed by atoms with van der Waals surface area (Å²) in [6, 6.07) is 7.10. The molecule has 1 aromatic carbocycles. The van der Waals surface area contributed by atoms with Crippen molar-refractivity contribution in [3.05, 3.63) is 54.4 Å². The molecule has 0 saturated carbocycles. The molecule has 2 heterocycles. The number of hydrogen-bond acceptors (Lipinski definition) is 5. The minimum atomic E-state index is -0.348. The van der Waals surface area contributed by atoms with Crippen LogP contribution in [-0.2, 0) is 4.79 Å². The normalized spacial score (nSPS) is 13.4. The van der Waals surface area contributed by atoms with E-state index in [1.165, 1.54) is 6.33 Å². The Morgan fingerprint density at radius 1 is 1.24 bits per heavy atom. The van der Waals surface area contributed by atoms with Crippen LogP contribution in [0.2, 0.25) is 0 Å². The Morgan fingerprint density at radius 3 is 2.60 bits per heavy atom. The van der Waals surface area contributed by atoms with Crippen LogP contribution in [0.5, 0.6) is 0 Å². The number of carbonyl (C=O) groups excluding carboxylic acids is 1. The average molecular weight is 339 g/mol. The van der Waals surface area contributed by atoms with Gasteiger partial charge in [-0.15, -0.1) is 0 Å². The van der Waals surface area contributed by atoms with E-state index in [1.54, 1.807) is 17.2 Å². The van der Waals surface area contributed by atoms with E-state index >= 15 is 0 Å². The maximum atomic E-state index is 12.4. The molecule has 3 rings (SSSR count). The third-order valence-corrected chi connectivity index (χ3v) is 4.05. The highest BCUT2D eigenvalue weighted by atomic mass is 16.2. The summed E-state index contributed by atoms with van der Waals surface area (Å²) in [4.78, 5) is 16.3. The molecule has 8 nitrogen and oxygen atoms in total. The van der Waals surface area contributed by atoms with Crippen LogP contribution in [0.3, 0.4) is 0 Å². The van der Waals surface area contributed by atoms with E-state index in [2.05, 4.69) is 30.9 Å². The van der Waals surface area contributed by atoms with Crippen molar-refractivity contribution in [3.8, 4) is 5.69 Å². The minimum absolute atomic E-state index is 0.0224. The van der Waals surface area contributed by atoms with Gasteiger partial charge in [0.15, 0.2) is 0 Å². The molecule has 0 aliphatic carbocycles. The maximum Gasteiger partial charge on any atom is 0.241 e. The Hall–Kier alpha value is -3.00. The lowest BCUT2D eigenvalue weighted by Crippen LogP contribution is -2.39. The van der Waals surface area contributed by atoms with E-state index in [0.29, 0.717) is 0 Å². The second-order valence-corrected chi connectivity index (χ2v) is 5.94. The number of nitrogens with one attached hydrogen (secondary N) is 3. The summed E-state index contributed by atoms with van der Waals surface area (Å²) in [5.74, 6) is -0.0958. The van der Waals surface area contributed by atoms with Gasteiger partial charge in [-0.05, 0) is 45.0 Å². The molecule has 0 spiro atoms. The summed E-state index contributed by atoms with van der Waals surface area (Å²) in [6.07, 6.45) is 4.88. The van der Waals surface area contributed by atoms with Crippen LogP contribution in [0.25, 0.3) is 5.69 Å². The van der Waals surface area contributed by atoms with Crippen molar-refractivity contribution in [1.82, 2.24) is 30.3 Å². The lowest BCUT2D eigenvalue weighted by atomic mass is 10.1. The predicted octanol–water partition coefficient (Wildman–Crippen LogP) is 1.98. The van der Waals surface area contributed by atoms with Crippen molar-refractivity contribution in [3.63, 3.8) is 0 Å². The third kappa shape index (κ3) is 3.92. The Bertz CT molecular complexity index is 823. The number of hydrogen-bond donors (Lipinski definition) is 3. The smallest absolute Gasteiger partial charge is 0.241 e. The van der Waals surface area contributed by atoms with E-state index in [9.17, 15) is 4.79 Å². The van der Waals surface area contributed by atoms with Gasteiger partial charge < -0.3 is 5.32 Å². The van der Waals surface area contributed by atoms with Crippen LogP contribution >= 0.6 is 0 Å². The summed E-state index contributed by atoms with van der Waals surface area (Å²) in [5, 5.41) is 17.2. The number of aromatic nitrogens is 5. The van der Waals surface area contributed by atoms with Gasteiger partial charge in [-0.25, -0.2) is 9.67 Å². The summed E-state index contributed by atoms with van der Waals surface area (Å²) >= 11 is 0. The lowest BCUT2D eigenvalue weighted by molar-refractivity contribution is -0.117. The Labute approximate surface area is 145 Å². The molecule has 0 aliphatic heterocycles. The maximum absolute atomic E-state index is 12.4. The van der Waals surface area contributed by atoms with Crippen LogP contribution in [-0.4, -0.2) is 36.9 Å². The number of rotatable bonds is 6. The van der Waals surface area contributed by atoms with E-state index in [0.717, 1.165) is 22.6 Å². The van der Waals surface area contributed by atoms with E-state index in [1.807, 2.05) is 45.0 Å². The van der Waals surface area contributed by atoms with Crippen LogP contribution in [0.4, 0.5) is 5.69 Å². The number of H-pyrrole nitrogens is 1. The first-order valence-electron chi connectivity index (χ1n) is 8.06. The quantitative estimate of drug-likeness (QED) is 0.637. The second kappa shape index (κ2) is 7.27. The Kier molecular flexibility index (Phi) is 4.90. The van der Waals surface area contributed by atoms with Crippen molar-refractivity contribution in [2.75, 3.05) is 5.32 Å². The molecule has 0 bridgehead atoms. The SMILES string of the molecule is Cc1[nH]ncc1[C@H](C)N[C@H](C)C(=O)Nc1ccc(-n2cncn2)cc1. The molecule has 0 saturated heterocycles. The number of nitrogens with zero attached hydrogens (tertiary/aromatic N) is 4. The van der Waals surface area contributed by atoms with Crippen molar-refractivity contribution in [2.24, 2.45) is 0 Å². The van der Waals surface area contributed by atoms with Crippen LogP contribution in [0, 0.1) is 6.92 Å². The number of anilines is 1. The molecule has 0 fully saturated rings. The zero-order chi connectivity index (χ0) is 17.8. The van der Waals surface area contributed by atoms with Crippen LogP contribution in [0.1, 0.15) is 31.1 Å². The first-order chi connectivity index (χ1) is 12.0. The van der Waals surface area contributed by atoms with E-state index < -0.39 is 0 Å². The highest BCUT2D eigenvalue weighted by Gasteiger charge is 2.18. The fourth-order valence-electron chi connectivity index (χ4n) is 2.63. The van der Waals surface area contributed by atoms with Gasteiger partial charge in [-0.2, -0.15) is 10.2 Å². The molecular formula is C17H21N7O. The number of benzene rings is 1. The molecule has 0 aliphatic rings. The van der Waals surface area contributed by atoms with Crippen molar-refractivity contribution in [2.45, 2.75) is 32.9 Å². The van der Waals surface area contributed by atoms with E-state index in [4.69, 9.17) is 0 Å². The predicted molar refractivity (Wildman–Crippen MR) is 94.3 cm³/mol. The van der Waals surface area contributed by atoms with Crippen molar-refractivity contribution >= 4 is 11.6 Å². The Morgan fingerprint density at radius 2 is 2.00 bits per heavy atom. The summed E-state index contributed by atoms with van der Waals surface area (Å²) in [7, 11) is 0. The van der Waals surface area contributed by atoms with Crippen LogP contribution in [0.15, 0.2) is 43.1 Å². The lowest BCUT2D eigenvalue weighted by Gasteiger charge is -2.19. The largest absolute Gasteiger partial charge is 0.325 e. The fourth-order valence-corrected chi connectivity index (χ4v) is 2.63. The molecule has 2 atom stereocenters. The molecule has 0 unspecified atom stereocenters. The highest BCUT2D eigenvalue weighted by molar-refractivity contribution is 5.94. The minimum Gasteiger partial charge on any atom is -0.325 e. The number of carbonyl (C=O) groups is 1. The van der Waals surface area contributed by atoms with E-state index in [-0.39, 0.29) is 18.0 Å². The molecule has 0 radical (unpaired) electrons. The van der Waals surface area contributed by atoms with Crippen LogP contribution < -0.4 is 10.6 Å². The van der Waals surface area contributed by atoms with Crippen molar-refractivity contribution < 1.29 is 4.79 Å². The zero-order valence-electron chi connectivity index (χ0n) is 14.4. The standard InChI is InChI=1S/C17H21N7O/c1-11(16-8-19-23-12(16)2)21-13(3)17(25)22-14-4-6-15(7-5-14)24-10-18-9-20-24/h4-11,13,21H,1-3H3,(H,19,23)(H,22,25)/t11-,13+/m0/s1. The number of aromatic amines is 1. The first-order valence-corrected chi connectivity index (χ1v) is 8.06. The summed E-state index contributed by atoms with van der Waals surface area (Å²) in [6.45, 7) is 5.81. The zero-order valence-corrected chi connectivity index (χ0v) is 14.4. The van der Waals surface area contributed by atoms with Gasteiger partial charge in [0.25, 0.3) is 0 Å². The third-order valence-electron chi connectivity index (χ3n) is 4.05. The molecule has 1 amide bonds. The molecule has 8 heteroatoms. The van der Waals surface area contributed by atoms with Gasteiger partial charge in [0.2, 0.25) is 5.91 Å². The molecule has 3 aromatic rings. The molecule has 25 heavy (non-hydrogen) atoms. The van der Waals surface area contributed by atoms with Crippen molar-refractivity contribution in [1.29, 1.82) is 0 Å². The average Bonchev–Trinajstić information content (AvgIpc) is 3.27. The highest BCUT2D eigenvalue weighted by Crippen LogP contribution is 2.16. The Balaban J connectivity index is 1.59. The molecule has 3 N–H and O–H groups in total. The monoisotopic (exact) mass is 339 g/mol. The molecule has 130 valence electrons. The number of amides is 1. The van der Waals surface area contributed by atoms with Gasteiger partial charge in [0.1, 0.15) is 12.7 Å².